The van der Waals surface area contributed by atoms with Crippen molar-refractivity contribution in [3.63, 3.8) is 0 Å². The van der Waals surface area contributed by atoms with E-state index in [9.17, 15) is 0 Å². The predicted molar refractivity (Wildman–Crippen MR) is 77.0 cm³/mol. The van der Waals surface area contributed by atoms with E-state index >= 15 is 0 Å². The van der Waals surface area contributed by atoms with Gasteiger partial charge in [-0.05, 0) is 35.9 Å². The number of nitrogens with zero attached hydrogens (tertiary/aromatic N) is 1. The van der Waals surface area contributed by atoms with Crippen LogP contribution in [0.15, 0.2) is 58.3 Å². The van der Waals surface area contributed by atoms with E-state index in [4.69, 9.17) is 0 Å². The minimum atomic E-state index is 0.973. The smallest absolute Gasteiger partial charge is 0.0689 e. The van der Waals surface area contributed by atoms with E-state index in [2.05, 4.69) is 66.1 Å². The normalized spacial score (nSPS) is 14.5. The summed E-state index contributed by atoms with van der Waals surface area (Å²) in [5.41, 5.74) is 2.66. The zero-order valence-corrected chi connectivity index (χ0v) is 11.0. The molecule has 1 aliphatic rings. The molecule has 17 heavy (non-hydrogen) atoms. The van der Waals surface area contributed by atoms with Crippen LogP contribution in [-0.2, 0) is 6.54 Å². The molecular formula is C14H13NS2. The van der Waals surface area contributed by atoms with E-state index in [-0.39, 0.29) is 0 Å². The highest BCUT2D eigenvalue weighted by molar-refractivity contribution is 7.99. The molecule has 1 aliphatic heterocycles. The number of hydrogen-bond donors (Lipinski definition) is 1. The highest BCUT2D eigenvalue weighted by atomic mass is 32.2. The summed E-state index contributed by atoms with van der Waals surface area (Å²) in [4.78, 5) is 4.81. The van der Waals surface area contributed by atoms with Crippen molar-refractivity contribution in [2.75, 3.05) is 10.8 Å². The first kappa shape index (κ1) is 11.1. The van der Waals surface area contributed by atoms with Crippen molar-refractivity contribution in [2.45, 2.75) is 16.3 Å². The molecule has 1 heterocycles. The first-order chi connectivity index (χ1) is 8.33. The number of thiol groups is 1. The molecular weight excluding hydrogens is 246 g/mol. The van der Waals surface area contributed by atoms with Crippen molar-refractivity contribution in [2.24, 2.45) is 0 Å². The number of para-hydroxylation sites is 1. The molecule has 1 nitrogen and oxygen atoms in total. The van der Waals surface area contributed by atoms with Gasteiger partial charge in [0, 0.05) is 22.0 Å². The Bertz CT molecular complexity index is 525. The Labute approximate surface area is 111 Å². The van der Waals surface area contributed by atoms with Gasteiger partial charge in [0.15, 0.2) is 0 Å². The second-order valence-electron chi connectivity index (χ2n) is 4.10. The van der Waals surface area contributed by atoms with Gasteiger partial charge in [-0.2, -0.15) is 0 Å². The van der Waals surface area contributed by atoms with Crippen molar-refractivity contribution in [3.05, 3.63) is 54.1 Å². The average molecular weight is 259 g/mol. The fraction of sp³-hybridized carbons (Fsp3) is 0.143. The van der Waals surface area contributed by atoms with Gasteiger partial charge in [-0.3, -0.25) is 0 Å². The van der Waals surface area contributed by atoms with E-state index in [1.165, 1.54) is 16.1 Å². The van der Waals surface area contributed by atoms with Crippen molar-refractivity contribution >= 4 is 30.1 Å². The average Bonchev–Trinajstić information content (AvgIpc) is 2.39. The molecule has 0 amide bonds. The minimum Gasteiger partial charge on any atom is -0.358 e. The summed E-state index contributed by atoms with van der Waals surface area (Å²) in [5, 5.41) is 0. The standard InChI is InChI=1S/C14H13NS2/c16-13-6-7-14-11(8-13)9-15(10-17-14)12-4-2-1-3-5-12/h1-8,16H,9-10H2. The first-order valence-corrected chi connectivity index (χ1v) is 7.01. The molecule has 0 saturated carbocycles. The van der Waals surface area contributed by atoms with Crippen LogP contribution < -0.4 is 4.90 Å². The summed E-state index contributed by atoms with van der Waals surface area (Å²) in [5.74, 6) is 1.02. The van der Waals surface area contributed by atoms with Crippen LogP contribution >= 0.6 is 24.4 Å². The quantitative estimate of drug-likeness (QED) is 0.770. The molecule has 0 N–H and O–H groups in total. The predicted octanol–water partition coefficient (Wildman–Crippen LogP) is 4.05. The summed E-state index contributed by atoms with van der Waals surface area (Å²) in [6.07, 6.45) is 0. The maximum absolute atomic E-state index is 4.41. The largest absolute Gasteiger partial charge is 0.358 e. The summed E-state index contributed by atoms with van der Waals surface area (Å²) >= 11 is 6.30. The Morgan fingerprint density at radius 3 is 2.71 bits per heavy atom. The molecule has 0 aromatic heterocycles. The van der Waals surface area contributed by atoms with E-state index in [1.54, 1.807) is 0 Å². The van der Waals surface area contributed by atoms with Crippen molar-refractivity contribution < 1.29 is 0 Å². The summed E-state index contributed by atoms with van der Waals surface area (Å²) < 4.78 is 0. The summed E-state index contributed by atoms with van der Waals surface area (Å²) in [6, 6.07) is 17.0. The molecule has 0 unspecified atom stereocenters. The Kier molecular flexibility index (Phi) is 3.04. The van der Waals surface area contributed by atoms with Crippen LogP contribution in [0.3, 0.4) is 0 Å². The highest BCUT2D eigenvalue weighted by Gasteiger charge is 2.16. The molecule has 0 spiro atoms. The van der Waals surface area contributed by atoms with Gasteiger partial charge in [-0.25, -0.2) is 0 Å². The van der Waals surface area contributed by atoms with Gasteiger partial charge in [0.1, 0.15) is 0 Å². The molecule has 0 atom stereocenters. The lowest BCUT2D eigenvalue weighted by atomic mass is 10.2. The molecule has 0 bridgehead atoms. The van der Waals surface area contributed by atoms with Crippen LogP contribution in [0.2, 0.25) is 0 Å². The van der Waals surface area contributed by atoms with Gasteiger partial charge in [-0.1, -0.05) is 18.2 Å². The number of anilines is 1. The van der Waals surface area contributed by atoms with E-state index in [0.717, 1.165) is 17.3 Å². The third-order valence-electron chi connectivity index (χ3n) is 2.90. The molecule has 3 rings (SSSR count). The maximum atomic E-state index is 4.41. The molecule has 2 aromatic carbocycles. The van der Waals surface area contributed by atoms with Crippen LogP contribution in [0.25, 0.3) is 0 Å². The summed E-state index contributed by atoms with van der Waals surface area (Å²) in [7, 11) is 0. The monoisotopic (exact) mass is 259 g/mol. The zero-order chi connectivity index (χ0) is 11.7. The minimum absolute atomic E-state index is 0.973. The molecule has 2 aromatic rings. The third kappa shape index (κ3) is 2.31. The number of hydrogen-bond acceptors (Lipinski definition) is 3. The molecule has 3 heteroatoms. The number of benzene rings is 2. The second-order valence-corrected chi connectivity index (χ2v) is 5.60. The molecule has 0 saturated heterocycles. The zero-order valence-electron chi connectivity index (χ0n) is 9.34. The van der Waals surface area contributed by atoms with Crippen LogP contribution in [0.1, 0.15) is 5.56 Å². The van der Waals surface area contributed by atoms with Gasteiger partial charge >= 0.3 is 0 Å². The summed E-state index contributed by atoms with van der Waals surface area (Å²) in [6.45, 7) is 0.973. The Hall–Kier alpha value is -1.06. The van der Waals surface area contributed by atoms with Crippen molar-refractivity contribution in [1.82, 2.24) is 0 Å². The molecule has 0 aliphatic carbocycles. The fourth-order valence-electron chi connectivity index (χ4n) is 2.03. The topological polar surface area (TPSA) is 3.24 Å². The van der Waals surface area contributed by atoms with Crippen LogP contribution in [0.5, 0.6) is 0 Å². The third-order valence-corrected chi connectivity index (χ3v) is 4.33. The lowest BCUT2D eigenvalue weighted by molar-refractivity contribution is 0.861. The van der Waals surface area contributed by atoms with Crippen molar-refractivity contribution in [1.29, 1.82) is 0 Å². The maximum Gasteiger partial charge on any atom is 0.0689 e. The number of fused-ring (bicyclic) bond motifs is 1. The Balaban J connectivity index is 1.90. The van der Waals surface area contributed by atoms with Gasteiger partial charge < -0.3 is 4.90 Å². The number of rotatable bonds is 1. The van der Waals surface area contributed by atoms with E-state index in [1.807, 2.05) is 11.8 Å². The second kappa shape index (κ2) is 4.67. The van der Waals surface area contributed by atoms with Crippen LogP contribution in [-0.4, -0.2) is 5.88 Å². The first-order valence-electron chi connectivity index (χ1n) is 5.57. The van der Waals surface area contributed by atoms with Crippen LogP contribution in [0.4, 0.5) is 5.69 Å². The Morgan fingerprint density at radius 1 is 1.06 bits per heavy atom. The Morgan fingerprint density at radius 2 is 1.88 bits per heavy atom. The van der Waals surface area contributed by atoms with Gasteiger partial charge in [0.05, 0.1) is 5.88 Å². The van der Waals surface area contributed by atoms with Gasteiger partial charge in [0.2, 0.25) is 0 Å². The van der Waals surface area contributed by atoms with E-state index < -0.39 is 0 Å². The van der Waals surface area contributed by atoms with Gasteiger partial charge in [0.25, 0.3) is 0 Å². The SMILES string of the molecule is Sc1ccc2c(c1)CN(c1ccccc1)CS2. The lowest BCUT2D eigenvalue weighted by Gasteiger charge is -2.30. The van der Waals surface area contributed by atoms with Crippen LogP contribution in [0, 0.1) is 0 Å². The highest BCUT2D eigenvalue weighted by Crippen LogP contribution is 2.33. The molecule has 0 fully saturated rings. The number of thioether (sulfide) groups is 1. The molecule has 0 radical (unpaired) electrons. The molecule has 86 valence electrons. The lowest BCUT2D eigenvalue weighted by Crippen LogP contribution is -2.25. The van der Waals surface area contributed by atoms with Gasteiger partial charge in [-0.15, -0.1) is 24.4 Å². The van der Waals surface area contributed by atoms with E-state index in [0.29, 0.717) is 0 Å². The fourth-order valence-corrected chi connectivity index (χ4v) is 3.27. The van der Waals surface area contributed by atoms with Crippen molar-refractivity contribution in [3.8, 4) is 0 Å².